The van der Waals surface area contributed by atoms with Crippen LogP contribution in [0, 0.1) is 11.3 Å². The number of hydrogen-bond acceptors (Lipinski definition) is 4. The number of hydrazone groups is 1. The Kier molecular flexibility index (Phi) is 4.54. The molecule has 0 spiro atoms. The number of nitriles is 1. The molecule has 2 aromatic rings. The number of rotatable bonds is 3. The molecule has 6 heteroatoms. The molecule has 2 N–H and O–H groups in total. The monoisotopic (exact) mass is 299 g/mol. The van der Waals surface area contributed by atoms with Crippen molar-refractivity contribution >= 4 is 23.7 Å². The molecular formula is C15H10ClN3O2. The molecule has 104 valence electrons. The molecule has 0 aliphatic carbocycles. The summed E-state index contributed by atoms with van der Waals surface area (Å²) in [5, 5.41) is 22.4. The van der Waals surface area contributed by atoms with E-state index in [9.17, 15) is 9.90 Å². The Bertz CT molecular complexity index is 734. The summed E-state index contributed by atoms with van der Waals surface area (Å²) in [5.41, 5.74) is 3.60. The van der Waals surface area contributed by atoms with Gasteiger partial charge in [-0.3, -0.25) is 4.79 Å². The highest BCUT2D eigenvalue weighted by atomic mass is 35.5. The second-order valence-electron chi connectivity index (χ2n) is 4.09. The van der Waals surface area contributed by atoms with E-state index >= 15 is 0 Å². The normalized spacial score (nSPS) is 10.3. The largest absolute Gasteiger partial charge is 0.507 e. The maximum atomic E-state index is 11.8. The van der Waals surface area contributed by atoms with E-state index in [0.29, 0.717) is 10.6 Å². The van der Waals surface area contributed by atoms with Crippen LogP contribution in [0.1, 0.15) is 21.5 Å². The van der Waals surface area contributed by atoms with E-state index in [4.69, 9.17) is 16.9 Å². The van der Waals surface area contributed by atoms with Gasteiger partial charge in [0.2, 0.25) is 0 Å². The molecule has 0 radical (unpaired) electrons. The zero-order valence-corrected chi connectivity index (χ0v) is 11.5. The highest BCUT2D eigenvalue weighted by Gasteiger charge is 2.10. The predicted octanol–water partition coefficient (Wildman–Crippen LogP) is 2.68. The highest BCUT2D eigenvalue weighted by Crippen LogP contribution is 2.21. The van der Waals surface area contributed by atoms with Crippen LogP contribution in [0.3, 0.4) is 0 Å². The quantitative estimate of drug-likeness (QED) is 0.675. The molecule has 0 fully saturated rings. The predicted molar refractivity (Wildman–Crippen MR) is 79.3 cm³/mol. The second-order valence-corrected chi connectivity index (χ2v) is 4.53. The number of aromatic hydroxyl groups is 1. The van der Waals surface area contributed by atoms with Gasteiger partial charge in [0.15, 0.2) is 0 Å². The van der Waals surface area contributed by atoms with Crippen LogP contribution in [0.15, 0.2) is 47.6 Å². The van der Waals surface area contributed by atoms with E-state index < -0.39 is 5.91 Å². The topological polar surface area (TPSA) is 85.5 Å². The minimum atomic E-state index is -0.570. The molecule has 0 aliphatic rings. The van der Waals surface area contributed by atoms with Crippen LogP contribution in [-0.4, -0.2) is 17.2 Å². The number of nitrogens with one attached hydrogen (secondary N) is 1. The standard InChI is InChI=1S/C15H10ClN3O2/c16-12-5-6-14(20)13(7-12)15(21)19-18-9-11-3-1-10(8-17)2-4-11/h1-7,9,20H,(H,19,21)/b18-9-. The Morgan fingerprint density at radius 3 is 2.67 bits per heavy atom. The van der Waals surface area contributed by atoms with Crippen LogP contribution in [0.4, 0.5) is 0 Å². The SMILES string of the molecule is N#Cc1ccc(/C=N\NC(=O)c2cc(Cl)ccc2O)cc1. The van der Waals surface area contributed by atoms with E-state index in [1.54, 1.807) is 24.3 Å². The molecular weight excluding hydrogens is 290 g/mol. The van der Waals surface area contributed by atoms with Gasteiger partial charge < -0.3 is 5.11 Å². The number of amides is 1. The number of phenolic OH excluding ortho intramolecular Hbond substituents is 1. The smallest absolute Gasteiger partial charge is 0.275 e. The number of benzene rings is 2. The maximum Gasteiger partial charge on any atom is 0.275 e. The van der Waals surface area contributed by atoms with E-state index in [0.717, 1.165) is 5.56 Å². The zero-order chi connectivity index (χ0) is 15.2. The van der Waals surface area contributed by atoms with Gasteiger partial charge in [-0.25, -0.2) is 5.43 Å². The summed E-state index contributed by atoms with van der Waals surface area (Å²) in [7, 11) is 0. The lowest BCUT2D eigenvalue weighted by Gasteiger charge is -2.03. The fraction of sp³-hybridized carbons (Fsp3) is 0. The Morgan fingerprint density at radius 1 is 1.29 bits per heavy atom. The van der Waals surface area contributed by atoms with Crippen molar-refractivity contribution in [2.24, 2.45) is 5.10 Å². The number of carbonyl (C=O) groups excluding carboxylic acids is 1. The maximum absolute atomic E-state index is 11.8. The molecule has 0 bridgehead atoms. The molecule has 2 aromatic carbocycles. The molecule has 5 nitrogen and oxygen atoms in total. The molecule has 0 aliphatic heterocycles. The molecule has 0 saturated heterocycles. The molecule has 2 rings (SSSR count). The summed E-state index contributed by atoms with van der Waals surface area (Å²) < 4.78 is 0. The molecule has 0 unspecified atom stereocenters. The van der Waals surface area contributed by atoms with Gasteiger partial charge in [0.25, 0.3) is 5.91 Å². The van der Waals surface area contributed by atoms with Crippen LogP contribution in [-0.2, 0) is 0 Å². The first kappa shape index (κ1) is 14.6. The summed E-state index contributed by atoms with van der Waals surface area (Å²) in [6.45, 7) is 0. The third-order valence-corrected chi connectivity index (χ3v) is 2.86. The molecule has 0 saturated carbocycles. The molecule has 21 heavy (non-hydrogen) atoms. The minimum absolute atomic E-state index is 0.0412. The fourth-order valence-electron chi connectivity index (χ4n) is 1.56. The van der Waals surface area contributed by atoms with Crippen LogP contribution >= 0.6 is 11.6 Å². The van der Waals surface area contributed by atoms with Crippen molar-refractivity contribution in [3.8, 4) is 11.8 Å². The Hall–Kier alpha value is -2.84. The molecule has 0 heterocycles. The number of nitrogens with zero attached hydrogens (tertiary/aromatic N) is 2. The average Bonchev–Trinajstić information content (AvgIpc) is 2.50. The number of phenols is 1. The fourth-order valence-corrected chi connectivity index (χ4v) is 1.73. The van der Waals surface area contributed by atoms with Crippen molar-refractivity contribution < 1.29 is 9.90 Å². The van der Waals surface area contributed by atoms with Gasteiger partial charge in [-0.05, 0) is 35.9 Å². The van der Waals surface area contributed by atoms with E-state index in [2.05, 4.69) is 10.5 Å². The van der Waals surface area contributed by atoms with Gasteiger partial charge >= 0.3 is 0 Å². The number of carbonyl (C=O) groups is 1. The minimum Gasteiger partial charge on any atom is -0.507 e. The van der Waals surface area contributed by atoms with Crippen molar-refractivity contribution in [2.45, 2.75) is 0 Å². The highest BCUT2D eigenvalue weighted by molar-refractivity contribution is 6.31. The first-order valence-corrected chi connectivity index (χ1v) is 6.30. The van der Waals surface area contributed by atoms with Crippen molar-refractivity contribution in [1.82, 2.24) is 5.43 Å². The molecule has 0 aromatic heterocycles. The summed E-state index contributed by atoms with van der Waals surface area (Å²) in [6.07, 6.45) is 1.43. The Morgan fingerprint density at radius 2 is 2.00 bits per heavy atom. The van der Waals surface area contributed by atoms with E-state index in [-0.39, 0.29) is 11.3 Å². The van der Waals surface area contributed by atoms with Gasteiger partial charge in [-0.15, -0.1) is 0 Å². The van der Waals surface area contributed by atoms with Gasteiger partial charge in [-0.2, -0.15) is 10.4 Å². The van der Waals surface area contributed by atoms with Crippen LogP contribution in [0.25, 0.3) is 0 Å². The Balaban J connectivity index is 2.04. The van der Waals surface area contributed by atoms with E-state index in [1.165, 1.54) is 24.4 Å². The van der Waals surface area contributed by atoms with E-state index in [1.807, 2.05) is 6.07 Å². The first-order valence-electron chi connectivity index (χ1n) is 5.92. The summed E-state index contributed by atoms with van der Waals surface area (Å²) in [5.74, 6) is -0.745. The average molecular weight is 300 g/mol. The summed E-state index contributed by atoms with van der Waals surface area (Å²) in [4.78, 5) is 11.8. The number of halogens is 1. The van der Waals surface area contributed by atoms with Gasteiger partial charge in [0, 0.05) is 5.02 Å². The number of hydrogen-bond donors (Lipinski definition) is 2. The van der Waals surface area contributed by atoms with Crippen molar-refractivity contribution in [3.63, 3.8) is 0 Å². The second kappa shape index (κ2) is 6.55. The van der Waals surface area contributed by atoms with Crippen LogP contribution < -0.4 is 5.43 Å². The lowest BCUT2D eigenvalue weighted by atomic mass is 10.2. The van der Waals surface area contributed by atoms with Crippen LogP contribution in [0.2, 0.25) is 5.02 Å². The lowest BCUT2D eigenvalue weighted by Crippen LogP contribution is -2.17. The van der Waals surface area contributed by atoms with Gasteiger partial charge in [0.1, 0.15) is 5.75 Å². The lowest BCUT2D eigenvalue weighted by molar-refractivity contribution is 0.0952. The zero-order valence-electron chi connectivity index (χ0n) is 10.7. The van der Waals surface area contributed by atoms with Crippen molar-refractivity contribution in [2.75, 3.05) is 0 Å². The summed E-state index contributed by atoms with van der Waals surface area (Å²) in [6, 6.07) is 12.9. The molecule has 0 atom stereocenters. The van der Waals surface area contributed by atoms with Crippen molar-refractivity contribution in [3.05, 3.63) is 64.2 Å². The van der Waals surface area contributed by atoms with Gasteiger partial charge in [0.05, 0.1) is 23.4 Å². The third kappa shape index (κ3) is 3.81. The summed E-state index contributed by atoms with van der Waals surface area (Å²) >= 11 is 5.76. The third-order valence-electron chi connectivity index (χ3n) is 2.62. The van der Waals surface area contributed by atoms with Gasteiger partial charge in [-0.1, -0.05) is 23.7 Å². The first-order chi connectivity index (χ1) is 10.1. The Labute approximate surface area is 126 Å². The van der Waals surface area contributed by atoms with Crippen LogP contribution in [0.5, 0.6) is 5.75 Å². The van der Waals surface area contributed by atoms with Crippen molar-refractivity contribution in [1.29, 1.82) is 5.26 Å². The molecule has 1 amide bonds.